The molecule has 138 valence electrons. The molecule has 1 fully saturated rings. The van der Waals surface area contributed by atoms with Crippen molar-refractivity contribution in [3.05, 3.63) is 66.4 Å². The third kappa shape index (κ3) is 3.65. The van der Waals surface area contributed by atoms with Gasteiger partial charge in [0.05, 0.1) is 11.2 Å². The third-order valence-electron chi connectivity index (χ3n) is 4.76. The Morgan fingerprint density at radius 3 is 2.41 bits per heavy atom. The van der Waals surface area contributed by atoms with E-state index >= 15 is 0 Å². The average Bonchev–Trinajstić information content (AvgIpc) is 2.59. The zero-order valence-electron chi connectivity index (χ0n) is 16.0. The van der Waals surface area contributed by atoms with Crippen LogP contribution in [0.2, 0.25) is 0 Å². The van der Waals surface area contributed by atoms with Crippen molar-refractivity contribution in [2.75, 3.05) is 13.1 Å². The molecule has 3 aromatic rings. The molecule has 4 heteroatoms. The first-order chi connectivity index (χ1) is 12.9. The Balaban J connectivity index is 1.65. The summed E-state index contributed by atoms with van der Waals surface area (Å²) in [7, 11) is 0. The van der Waals surface area contributed by atoms with Gasteiger partial charge in [-0.1, -0.05) is 48.5 Å². The van der Waals surface area contributed by atoms with Crippen molar-refractivity contribution >= 4 is 17.0 Å². The van der Waals surface area contributed by atoms with E-state index in [1.165, 1.54) is 0 Å². The quantitative estimate of drug-likeness (QED) is 0.628. The smallest absolute Gasteiger partial charge is 0.410 e. The Labute approximate surface area is 159 Å². The van der Waals surface area contributed by atoms with E-state index in [1.807, 2.05) is 57.2 Å². The minimum Gasteiger partial charge on any atom is -0.444 e. The molecule has 0 N–H and O–H groups in total. The maximum atomic E-state index is 12.3. The topological polar surface area (TPSA) is 42.4 Å². The summed E-state index contributed by atoms with van der Waals surface area (Å²) in [4.78, 5) is 19.0. The summed E-state index contributed by atoms with van der Waals surface area (Å²) in [5.41, 5.74) is 3.87. The number of rotatable bonds is 2. The van der Waals surface area contributed by atoms with Crippen molar-refractivity contribution in [2.24, 2.45) is 0 Å². The van der Waals surface area contributed by atoms with Crippen LogP contribution < -0.4 is 0 Å². The number of amides is 1. The van der Waals surface area contributed by atoms with Crippen LogP contribution in [0.4, 0.5) is 4.79 Å². The van der Waals surface area contributed by atoms with Crippen LogP contribution in [-0.2, 0) is 4.74 Å². The molecular formula is C23H24N2O2. The molecule has 1 aliphatic heterocycles. The molecule has 0 saturated carbocycles. The number of carbonyl (C=O) groups is 1. The highest BCUT2D eigenvalue weighted by Gasteiger charge is 2.36. The molecule has 4 nitrogen and oxygen atoms in total. The molecule has 0 unspecified atom stereocenters. The number of likely N-dealkylation sites (tertiary alicyclic amines) is 1. The zero-order valence-corrected chi connectivity index (χ0v) is 16.0. The summed E-state index contributed by atoms with van der Waals surface area (Å²) >= 11 is 0. The number of hydrogen-bond donors (Lipinski definition) is 0. The van der Waals surface area contributed by atoms with Crippen LogP contribution in [0.25, 0.3) is 22.0 Å². The van der Waals surface area contributed by atoms with Crippen LogP contribution in [-0.4, -0.2) is 34.7 Å². The van der Waals surface area contributed by atoms with E-state index in [2.05, 4.69) is 24.3 Å². The van der Waals surface area contributed by atoms with Crippen LogP contribution in [0, 0.1) is 0 Å². The van der Waals surface area contributed by atoms with E-state index in [4.69, 9.17) is 9.72 Å². The minimum atomic E-state index is -0.474. The number of nitrogens with zero attached hydrogens (tertiary/aromatic N) is 2. The van der Waals surface area contributed by atoms with Crippen molar-refractivity contribution in [1.82, 2.24) is 9.88 Å². The first-order valence-electron chi connectivity index (χ1n) is 9.34. The number of pyridine rings is 1. The summed E-state index contributed by atoms with van der Waals surface area (Å²) in [6.07, 6.45) is -0.249. The Morgan fingerprint density at radius 1 is 1.04 bits per heavy atom. The largest absolute Gasteiger partial charge is 0.444 e. The maximum Gasteiger partial charge on any atom is 0.410 e. The van der Waals surface area contributed by atoms with Crippen molar-refractivity contribution in [2.45, 2.75) is 32.3 Å². The molecule has 0 spiro atoms. The lowest BCUT2D eigenvalue weighted by atomic mass is 9.89. The van der Waals surface area contributed by atoms with Gasteiger partial charge in [-0.15, -0.1) is 0 Å². The van der Waals surface area contributed by atoms with Gasteiger partial charge in [-0.05, 0) is 38.5 Å². The number of ether oxygens (including phenoxy) is 1. The fourth-order valence-electron chi connectivity index (χ4n) is 3.42. The molecule has 1 aromatic heterocycles. The van der Waals surface area contributed by atoms with E-state index in [0.717, 1.165) is 27.7 Å². The van der Waals surface area contributed by atoms with E-state index in [9.17, 15) is 4.79 Å². The second-order valence-corrected chi connectivity index (χ2v) is 8.06. The monoisotopic (exact) mass is 360 g/mol. The van der Waals surface area contributed by atoms with Crippen molar-refractivity contribution in [1.29, 1.82) is 0 Å². The summed E-state index contributed by atoms with van der Waals surface area (Å²) < 4.78 is 5.48. The molecule has 2 heterocycles. The van der Waals surface area contributed by atoms with Crippen molar-refractivity contribution in [3.8, 4) is 11.1 Å². The van der Waals surface area contributed by atoms with Gasteiger partial charge in [0.1, 0.15) is 5.60 Å². The molecular weight excluding hydrogens is 336 g/mol. The predicted molar refractivity (Wildman–Crippen MR) is 108 cm³/mol. The van der Waals surface area contributed by atoms with Crippen LogP contribution in [0.3, 0.4) is 0 Å². The van der Waals surface area contributed by atoms with E-state index in [1.54, 1.807) is 4.90 Å². The number of hydrogen-bond acceptors (Lipinski definition) is 3. The molecule has 1 amide bonds. The first kappa shape index (κ1) is 17.5. The van der Waals surface area contributed by atoms with Gasteiger partial charge in [0, 0.05) is 30.0 Å². The van der Waals surface area contributed by atoms with Gasteiger partial charge in [-0.25, -0.2) is 4.79 Å². The van der Waals surface area contributed by atoms with Crippen molar-refractivity contribution in [3.63, 3.8) is 0 Å². The van der Waals surface area contributed by atoms with E-state index in [-0.39, 0.29) is 12.0 Å². The number of benzene rings is 2. The number of aromatic nitrogens is 1. The molecule has 1 saturated heterocycles. The van der Waals surface area contributed by atoms with Gasteiger partial charge in [-0.3, -0.25) is 4.98 Å². The zero-order chi connectivity index (χ0) is 19.0. The second kappa shape index (κ2) is 6.69. The fraction of sp³-hybridized carbons (Fsp3) is 0.304. The van der Waals surface area contributed by atoms with Crippen LogP contribution in [0.1, 0.15) is 32.4 Å². The molecule has 2 aromatic carbocycles. The normalized spacial score (nSPS) is 14.9. The van der Waals surface area contributed by atoms with Crippen LogP contribution >= 0.6 is 0 Å². The lowest BCUT2D eigenvalue weighted by Crippen LogP contribution is -2.50. The predicted octanol–water partition coefficient (Wildman–Crippen LogP) is 5.24. The van der Waals surface area contributed by atoms with Gasteiger partial charge in [0.15, 0.2) is 0 Å². The third-order valence-corrected chi connectivity index (χ3v) is 4.76. The highest BCUT2D eigenvalue weighted by Crippen LogP contribution is 2.36. The van der Waals surface area contributed by atoms with E-state index < -0.39 is 5.60 Å². The second-order valence-electron chi connectivity index (χ2n) is 8.06. The highest BCUT2D eigenvalue weighted by atomic mass is 16.6. The SMILES string of the molecule is CC(C)(C)OC(=O)N1CC(c2nc3ccccc3cc2-c2ccccc2)C1. The Hall–Kier alpha value is -2.88. The van der Waals surface area contributed by atoms with Gasteiger partial charge in [0.25, 0.3) is 0 Å². The lowest BCUT2D eigenvalue weighted by molar-refractivity contribution is 0.00794. The maximum absolute atomic E-state index is 12.3. The van der Waals surface area contributed by atoms with Crippen LogP contribution in [0.5, 0.6) is 0 Å². The lowest BCUT2D eigenvalue weighted by Gasteiger charge is -2.40. The van der Waals surface area contributed by atoms with Crippen LogP contribution in [0.15, 0.2) is 60.7 Å². The molecule has 0 bridgehead atoms. The Morgan fingerprint density at radius 2 is 1.70 bits per heavy atom. The van der Waals surface area contributed by atoms with Crippen molar-refractivity contribution < 1.29 is 9.53 Å². The number of fused-ring (bicyclic) bond motifs is 1. The summed E-state index contributed by atoms with van der Waals surface area (Å²) in [5, 5.41) is 1.13. The van der Waals surface area contributed by atoms with Gasteiger partial charge < -0.3 is 9.64 Å². The Bertz CT molecular complexity index is 971. The van der Waals surface area contributed by atoms with Gasteiger partial charge in [-0.2, -0.15) is 0 Å². The molecule has 0 radical (unpaired) electrons. The number of para-hydroxylation sites is 1. The summed E-state index contributed by atoms with van der Waals surface area (Å²) in [6.45, 7) is 6.95. The highest BCUT2D eigenvalue weighted by molar-refractivity contribution is 5.85. The van der Waals surface area contributed by atoms with E-state index in [0.29, 0.717) is 13.1 Å². The first-order valence-corrected chi connectivity index (χ1v) is 9.34. The molecule has 27 heavy (non-hydrogen) atoms. The molecule has 1 aliphatic rings. The minimum absolute atomic E-state index is 0.220. The summed E-state index contributed by atoms with van der Waals surface area (Å²) in [6, 6.07) is 20.7. The average molecular weight is 360 g/mol. The molecule has 4 rings (SSSR count). The molecule has 0 aliphatic carbocycles. The van der Waals surface area contributed by atoms with Gasteiger partial charge in [0.2, 0.25) is 0 Å². The Kier molecular flexibility index (Phi) is 4.34. The van der Waals surface area contributed by atoms with Gasteiger partial charge >= 0.3 is 6.09 Å². The fourth-order valence-corrected chi connectivity index (χ4v) is 3.42. The molecule has 0 atom stereocenters. The number of carbonyl (C=O) groups excluding carboxylic acids is 1. The summed E-state index contributed by atoms with van der Waals surface area (Å²) in [5.74, 6) is 0.220. The standard InChI is InChI=1S/C23H24N2O2/c1-23(2,3)27-22(26)25-14-18(15-25)21-19(16-9-5-4-6-10-16)13-17-11-7-8-12-20(17)24-21/h4-13,18H,14-15H2,1-3H3.